The number of rotatable bonds is 7. The van der Waals surface area contributed by atoms with Crippen molar-refractivity contribution in [3.8, 4) is 0 Å². The minimum Gasteiger partial charge on any atom is -0.456 e. The molecule has 0 spiro atoms. The predicted octanol–water partition coefficient (Wildman–Crippen LogP) is 12.7. The van der Waals surface area contributed by atoms with Crippen LogP contribution in [-0.4, -0.2) is 14.8 Å². The summed E-state index contributed by atoms with van der Waals surface area (Å²) in [4.78, 5) is 7.50. The van der Waals surface area contributed by atoms with E-state index in [1.807, 2.05) is 0 Å². The van der Waals surface area contributed by atoms with Crippen LogP contribution >= 0.6 is 0 Å². The van der Waals surface area contributed by atoms with E-state index >= 15 is 0 Å². The highest BCUT2D eigenvalue weighted by Gasteiger charge is 2.56. The van der Waals surface area contributed by atoms with Gasteiger partial charge in [0, 0.05) is 79.2 Å². The van der Waals surface area contributed by atoms with Crippen LogP contribution in [0.5, 0.6) is 0 Å². The molecule has 0 unspecified atom stereocenters. The molecule has 0 fully saturated rings. The molecule has 0 saturated heterocycles. The van der Waals surface area contributed by atoms with Gasteiger partial charge in [-0.3, -0.25) is 0 Å². The van der Waals surface area contributed by atoms with Crippen LogP contribution in [0.2, 0.25) is 0 Å². The average molecular weight is 948 g/mol. The normalized spacial score (nSPS) is 13.8. The molecule has 0 atom stereocenters. The highest BCUT2D eigenvalue weighted by molar-refractivity contribution is 7.27. The van der Waals surface area contributed by atoms with Gasteiger partial charge in [-0.1, -0.05) is 158 Å². The van der Waals surface area contributed by atoms with Gasteiger partial charge in [0.15, 0.2) is 8.07 Å². The molecule has 73 heavy (non-hydrogen) atoms. The molecular weight excluding hydrogens is 906 g/mol. The lowest BCUT2D eigenvalue weighted by Crippen LogP contribution is -2.88. The Morgan fingerprint density at radius 2 is 0.726 bits per heavy atom. The predicted molar refractivity (Wildman–Crippen MR) is 307 cm³/mol. The summed E-state index contributed by atoms with van der Waals surface area (Å²) in [5.74, 6) is 0. The van der Waals surface area contributed by atoms with Crippen molar-refractivity contribution in [2.45, 2.75) is 0 Å². The largest absolute Gasteiger partial charge is 0.456 e. The Morgan fingerprint density at radius 1 is 0.315 bits per heavy atom. The van der Waals surface area contributed by atoms with Gasteiger partial charge in [0.05, 0.1) is 5.69 Å². The van der Waals surface area contributed by atoms with Crippen LogP contribution < -0.4 is 51.8 Å². The summed E-state index contributed by atoms with van der Waals surface area (Å²) in [5.41, 5.74) is 17.3. The Balaban J connectivity index is 1.07. The summed E-state index contributed by atoms with van der Waals surface area (Å²) in [6.07, 6.45) is 0. The molecule has 5 nitrogen and oxygen atoms in total. The number of para-hydroxylation sites is 4. The second-order valence-corrected chi connectivity index (χ2v) is 23.3. The van der Waals surface area contributed by atoms with Crippen molar-refractivity contribution in [3.05, 3.63) is 255 Å². The van der Waals surface area contributed by atoms with Crippen molar-refractivity contribution in [2.75, 3.05) is 14.7 Å². The van der Waals surface area contributed by atoms with E-state index in [1.54, 1.807) is 0 Å². The first-order chi connectivity index (χ1) is 36.2. The van der Waals surface area contributed by atoms with E-state index in [4.69, 9.17) is 8.83 Å². The third kappa shape index (κ3) is 5.62. The molecular formula is C66H42BN3O2Si. The van der Waals surface area contributed by atoms with Gasteiger partial charge in [-0.25, -0.2) is 0 Å². The zero-order valence-corrected chi connectivity index (χ0v) is 40.5. The second-order valence-electron chi connectivity index (χ2n) is 19.5. The fourth-order valence-corrected chi connectivity index (χ4v) is 18.3. The van der Waals surface area contributed by atoms with Gasteiger partial charge in [0.25, 0.3) is 6.71 Å². The van der Waals surface area contributed by atoms with E-state index in [2.05, 4.69) is 269 Å². The highest BCUT2D eigenvalue weighted by atomic mass is 28.3. The van der Waals surface area contributed by atoms with E-state index in [-0.39, 0.29) is 6.71 Å². The van der Waals surface area contributed by atoms with Gasteiger partial charge >= 0.3 is 0 Å². The van der Waals surface area contributed by atoms with Crippen LogP contribution in [0.4, 0.5) is 51.2 Å². The van der Waals surface area contributed by atoms with E-state index in [0.29, 0.717) is 0 Å². The monoisotopic (exact) mass is 947 g/mol. The molecule has 2 aromatic heterocycles. The van der Waals surface area contributed by atoms with Gasteiger partial charge in [-0.2, -0.15) is 0 Å². The number of hydrogen-bond donors (Lipinski definition) is 0. The SMILES string of the molecule is c1ccc(N(c2ccccc2)c2cc3c4c(c2)N(c2ccc5c(c2)oc2ccccc25)c2cccc5c2B4c2c(cccc2[Si]5(c2ccccc2)c2ccccc2)N3c2ccc3c(c2)oc2ccccc23)cc1. The fourth-order valence-electron chi connectivity index (χ4n) is 13.0. The smallest absolute Gasteiger partial charge is 0.251 e. The molecule has 16 rings (SSSR count). The van der Waals surface area contributed by atoms with Crippen LogP contribution in [0, 0.1) is 0 Å². The van der Waals surface area contributed by atoms with Crippen LogP contribution in [0.1, 0.15) is 0 Å². The zero-order chi connectivity index (χ0) is 47.8. The summed E-state index contributed by atoms with van der Waals surface area (Å²) >= 11 is 0. The number of fused-ring (bicyclic) bond motifs is 6. The first kappa shape index (κ1) is 40.4. The standard InChI is InChI=1S/C66H42BN3O2Si/c1-5-19-43(20-6-1)68(44-21-7-2-8-22-44)47-39-56-64-57(40-47)70(46-36-38-53-51-28-14-16-32-59(51)72-61(53)42-46)55-30-18-34-63-66(55)67(64)65-54(69(56)45-35-37-52-50-27-13-15-31-58(50)71-60(52)41-45)29-17-33-62(65)73(63,48-23-9-3-10-24-48)49-25-11-4-12-26-49/h1-42H. The topological polar surface area (TPSA) is 36.0 Å². The first-order valence-electron chi connectivity index (χ1n) is 25.1. The van der Waals surface area contributed by atoms with Crippen molar-refractivity contribution in [1.82, 2.24) is 0 Å². The van der Waals surface area contributed by atoms with E-state index < -0.39 is 8.07 Å². The Hall–Kier alpha value is -9.30. The lowest BCUT2D eigenvalue weighted by atomic mass is 9.33. The van der Waals surface area contributed by atoms with Crippen LogP contribution in [0.3, 0.4) is 0 Å². The number of benzene rings is 11. The Morgan fingerprint density at radius 3 is 1.19 bits per heavy atom. The molecule has 0 saturated carbocycles. The lowest BCUT2D eigenvalue weighted by Gasteiger charge is -2.51. The number of furan rings is 2. The molecule has 5 heterocycles. The fraction of sp³-hybridized carbons (Fsp3) is 0. The molecule has 0 bridgehead atoms. The van der Waals surface area contributed by atoms with Crippen molar-refractivity contribution in [1.29, 1.82) is 0 Å². The summed E-state index contributed by atoms with van der Waals surface area (Å²) in [6.45, 7) is -0.0798. The van der Waals surface area contributed by atoms with Crippen molar-refractivity contribution >= 4 is 147 Å². The van der Waals surface area contributed by atoms with Gasteiger partial charge < -0.3 is 23.5 Å². The van der Waals surface area contributed by atoms with Crippen LogP contribution in [0.15, 0.2) is 264 Å². The van der Waals surface area contributed by atoms with Gasteiger partial charge in [0.2, 0.25) is 0 Å². The van der Waals surface area contributed by atoms with E-state index in [0.717, 1.165) is 83.7 Å². The maximum absolute atomic E-state index is 6.73. The lowest BCUT2D eigenvalue weighted by molar-refractivity contribution is 0.668. The quantitative estimate of drug-likeness (QED) is 0.149. The molecule has 3 aliphatic rings. The van der Waals surface area contributed by atoms with Crippen LogP contribution in [-0.2, 0) is 0 Å². The van der Waals surface area contributed by atoms with Gasteiger partial charge in [0.1, 0.15) is 22.3 Å². The third-order valence-electron chi connectivity index (χ3n) is 15.9. The number of hydrogen-bond acceptors (Lipinski definition) is 5. The highest BCUT2D eigenvalue weighted by Crippen LogP contribution is 2.49. The molecule has 340 valence electrons. The van der Waals surface area contributed by atoms with Crippen LogP contribution in [0.25, 0.3) is 43.9 Å². The maximum Gasteiger partial charge on any atom is 0.251 e. The third-order valence-corrected chi connectivity index (χ3v) is 20.8. The summed E-state index contributed by atoms with van der Waals surface area (Å²) in [5, 5.41) is 9.99. The maximum atomic E-state index is 6.73. The first-order valence-corrected chi connectivity index (χ1v) is 27.1. The average Bonchev–Trinajstić information content (AvgIpc) is 4.03. The summed E-state index contributed by atoms with van der Waals surface area (Å²) in [6, 6.07) is 93.9. The Kier molecular flexibility index (Phi) is 8.50. The Bertz CT molecular complexity index is 4090. The molecule has 3 aliphatic heterocycles. The molecule has 0 amide bonds. The molecule has 11 aromatic carbocycles. The van der Waals surface area contributed by atoms with Crippen molar-refractivity contribution in [3.63, 3.8) is 0 Å². The molecule has 0 aliphatic carbocycles. The molecule has 7 heteroatoms. The van der Waals surface area contributed by atoms with Gasteiger partial charge in [-0.05, 0) is 122 Å². The summed E-state index contributed by atoms with van der Waals surface area (Å²) in [7, 11) is -3.06. The van der Waals surface area contributed by atoms with Crippen molar-refractivity contribution in [2.24, 2.45) is 0 Å². The van der Waals surface area contributed by atoms with Gasteiger partial charge in [-0.15, -0.1) is 0 Å². The molecule has 0 N–H and O–H groups in total. The summed E-state index contributed by atoms with van der Waals surface area (Å²) < 4.78 is 13.5. The molecule has 13 aromatic rings. The number of nitrogens with zero attached hydrogens (tertiary/aromatic N) is 3. The minimum atomic E-state index is -3.06. The second kappa shape index (κ2) is 15.4. The zero-order valence-electron chi connectivity index (χ0n) is 39.5. The Labute approximate surface area is 423 Å². The van der Waals surface area contributed by atoms with E-state index in [9.17, 15) is 0 Å². The molecule has 0 radical (unpaired) electrons. The minimum absolute atomic E-state index is 0.0798. The number of anilines is 9. The van der Waals surface area contributed by atoms with Crippen molar-refractivity contribution < 1.29 is 8.83 Å². The van der Waals surface area contributed by atoms with E-state index in [1.165, 1.54) is 48.5 Å².